The first-order chi connectivity index (χ1) is 8.69. The normalized spacial score (nSPS) is 10.9. The van der Waals surface area contributed by atoms with Gasteiger partial charge in [0.05, 0.1) is 24.6 Å². The predicted octanol–water partition coefficient (Wildman–Crippen LogP) is 2.60. The fraction of sp³-hybridized carbons (Fsp3) is 0.357. The summed E-state index contributed by atoms with van der Waals surface area (Å²) in [5.41, 5.74) is 2.54. The standard InChI is InChI=1S/C14H18N2O2/c1-10(2)9-18-13-5-3-11(4-6-13)14-7-12(8-17)15-16-14/h3-7,10,17H,8-9H2,1-2H3,(H,15,16). The minimum atomic E-state index is -0.0252. The summed E-state index contributed by atoms with van der Waals surface area (Å²) in [5.74, 6) is 1.38. The van der Waals surface area contributed by atoms with Crippen LogP contribution in [0.2, 0.25) is 0 Å². The SMILES string of the molecule is CC(C)COc1ccc(-c2cc(CO)[nH]n2)cc1. The van der Waals surface area contributed by atoms with E-state index in [1.807, 2.05) is 30.3 Å². The smallest absolute Gasteiger partial charge is 0.119 e. The molecular weight excluding hydrogens is 228 g/mol. The topological polar surface area (TPSA) is 58.1 Å². The number of nitrogens with zero attached hydrogens (tertiary/aromatic N) is 1. The van der Waals surface area contributed by atoms with Gasteiger partial charge in [-0.25, -0.2) is 0 Å². The number of H-pyrrole nitrogens is 1. The molecule has 2 aromatic rings. The van der Waals surface area contributed by atoms with Gasteiger partial charge in [0.1, 0.15) is 5.75 Å². The number of benzene rings is 1. The Bertz CT molecular complexity index is 489. The van der Waals surface area contributed by atoms with Crippen LogP contribution in [0.5, 0.6) is 5.75 Å². The average molecular weight is 246 g/mol. The quantitative estimate of drug-likeness (QED) is 0.852. The molecule has 0 aliphatic heterocycles. The van der Waals surface area contributed by atoms with Gasteiger partial charge in [-0.2, -0.15) is 5.10 Å². The van der Waals surface area contributed by atoms with Crippen LogP contribution in [0.1, 0.15) is 19.5 Å². The summed E-state index contributed by atoms with van der Waals surface area (Å²) in [7, 11) is 0. The lowest BCUT2D eigenvalue weighted by atomic mass is 10.1. The van der Waals surface area contributed by atoms with E-state index < -0.39 is 0 Å². The van der Waals surface area contributed by atoms with Gasteiger partial charge < -0.3 is 9.84 Å². The molecule has 0 aliphatic carbocycles. The molecule has 0 spiro atoms. The van der Waals surface area contributed by atoms with Gasteiger partial charge >= 0.3 is 0 Å². The van der Waals surface area contributed by atoms with Gasteiger partial charge in [0.2, 0.25) is 0 Å². The highest BCUT2D eigenvalue weighted by molar-refractivity contribution is 5.60. The molecule has 0 aliphatic rings. The zero-order valence-electron chi connectivity index (χ0n) is 10.7. The molecule has 1 heterocycles. The summed E-state index contributed by atoms with van der Waals surface area (Å²) in [4.78, 5) is 0. The van der Waals surface area contributed by atoms with Gasteiger partial charge in [-0.3, -0.25) is 5.10 Å². The van der Waals surface area contributed by atoms with Gasteiger partial charge in [-0.1, -0.05) is 13.8 Å². The summed E-state index contributed by atoms with van der Waals surface area (Å²) in [6.07, 6.45) is 0. The van der Waals surface area contributed by atoms with Crippen LogP contribution in [0.15, 0.2) is 30.3 Å². The number of aromatic amines is 1. The number of aliphatic hydroxyl groups is 1. The number of nitrogens with one attached hydrogen (secondary N) is 1. The number of rotatable bonds is 5. The zero-order chi connectivity index (χ0) is 13.0. The number of hydrogen-bond acceptors (Lipinski definition) is 3. The number of ether oxygens (including phenoxy) is 1. The van der Waals surface area contributed by atoms with E-state index >= 15 is 0 Å². The second kappa shape index (κ2) is 5.69. The second-order valence-electron chi connectivity index (χ2n) is 4.67. The molecular formula is C14H18N2O2. The molecule has 0 amide bonds. The van der Waals surface area contributed by atoms with Crippen LogP contribution in [0.4, 0.5) is 0 Å². The minimum absolute atomic E-state index is 0.0252. The molecule has 0 unspecified atom stereocenters. The molecule has 1 aromatic carbocycles. The Kier molecular flexibility index (Phi) is 3.99. The van der Waals surface area contributed by atoms with E-state index in [0.717, 1.165) is 23.6 Å². The third-order valence-corrected chi connectivity index (χ3v) is 2.53. The van der Waals surface area contributed by atoms with E-state index in [9.17, 15) is 0 Å². The zero-order valence-corrected chi connectivity index (χ0v) is 10.7. The molecule has 2 rings (SSSR count). The first kappa shape index (κ1) is 12.6. The highest BCUT2D eigenvalue weighted by Gasteiger charge is 2.04. The van der Waals surface area contributed by atoms with Crippen molar-refractivity contribution < 1.29 is 9.84 Å². The Morgan fingerprint density at radius 1 is 1.28 bits per heavy atom. The fourth-order valence-electron chi connectivity index (χ4n) is 1.58. The minimum Gasteiger partial charge on any atom is -0.493 e. The highest BCUT2D eigenvalue weighted by atomic mass is 16.5. The largest absolute Gasteiger partial charge is 0.493 e. The first-order valence-corrected chi connectivity index (χ1v) is 6.07. The van der Waals surface area contributed by atoms with Crippen LogP contribution in [-0.4, -0.2) is 21.9 Å². The van der Waals surface area contributed by atoms with E-state index in [4.69, 9.17) is 9.84 Å². The van der Waals surface area contributed by atoms with Crippen LogP contribution in [0, 0.1) is 5.92 Å². The summed E-state index contributed by atoms with van der Waals surface area (Å²) < 4.78 is 5.62. The molecule has 2 N–H and O–H groups in total. The van der Waals surface area contributed by atoms with Gasteiger partial charge in [0.15, 0.2) is 0 Å². The van der Waals surface area contributed by atoms with Crippen molar-refractivity contribution in [3.63, 3.8) is 0 Å². The summed E-state index contributed by atoms with van der Waals surface area (Å²) in [6, 6.07) is 9.64. The third kappa shape index (κ3) is 3.11. The number of hydrogen-bond donors (Lipinski definition) is 2. The Balaban J connectivity index is 2.07. The Morgan fingerprint density at radius 2 is 2.00 bits per heavy atom. The van der Waals surface area contributed by atoms with Crippen LogP contribution < -0.4 is 4.74 Å². The fourth-order valence-corrected chi connectivity index (χ4v) is 1.58. The van der Waals surface area contributed by atoms with Crippen molar-refractivity contribution in [2.75, 3.05) is 6.61 Å². The van der Waals surface area contributed by atoms with Gasteiger partial charge in [0.25, 0.3) is 0 Å². The van der Waals surface area contributed by atoms with E-state index in [1.165, 1.54) is 0 Å². The molecule has 0 fully saturated rings. The van der Waals surface area contributed by atoms with Gasteiger partial charge in [0, 0.05) is 5.56 Å². The predicted molar refractivity (Wildman–Crippen MR) is 70.3 cm³/mol. The lowest BCUT2D eigenvalue weighted by molar-refractivity contribution is 0.271. The van der Waals surface area contributed by atoms with Crippen LogP contribution in [0.25, 0.3) is 11.3 Å². The lowest BCUT2D eigenvalue weighted by Gasteiger charge is -2.08. The monoisotopic (exact) mass is 246 g/mol. The second-order valence-corrected chi connectivity index (χ2v) is 4.67. The van der Waals surface area contributed by atoms with E-state index in [1.54, 1.807) is 0 Å². The van der Waals surface area contributed by atoms with Crippen molar-refractivity contribution in [1.29, 1.82) is 0 Å². The number of aliphatic hydroxyl groups excluding tert-OH is 1. The maximum atomic E-state index is 8.97. The third-order valence-electron chi connectivity index (χ3n) is 2.53. The first-order valence-electron chi connectivity index (χ1n) is 6.07. The lowest BCUT2D eigenvalue weighted by Crippen LogP contribution is -2.04. The summed E-state index contributed by atoms with van der Waals surface area (Å²) in [5, 5.41) is 15.9. The highest BCUT2D eigenvalue weighted by Crippen LogP contribution is 2.21. The van der Waals surface area contributed by atoms with Gasteiger partial charge in [-0.15, -0.1) is 0 Å². The van der Waals surface area contributed by atoms with Gasteiger partial charge in [-0.05, 0) is 36.2 Å². The maximum Gasteiger partial charge on any atom is 0.119 e. The Hall–Kier alpha value is -1.81. The molecule has 0 atom stereocenters. The molecule has 0 saturated carbocycles. The number of aromatic nitrogens is 2. The Morgan fingerprint density at radius 3 is 2.56 bits per heavy atom. The van der Waals surface area contributed by atoms with Crippen LogP contribution >= 0.6 is 0 Å². The molecule has 4 nitrogen and oxygen atoms in total. The van der Waals surface area contributed by atoms with Crippen molar-refractivity contribution in [2.24, 2.45) is 5.92 Å². The molecule has 0 bridgehead atoms. The van der Waals surface area contributed by atoms with Crippen molar-refractivity contribution in [1.82, 2.24) is 10.2 Å². The van der Waals surface area contributed by atoms with Crippen molar-refractivity contribution in [2.45, 2.75) is 20.5 Å². The molecule has 18 heavy (non-hydrogen) atoms. The van der Waals surface area contributed by atoms with Crippen LogP contribution in [0.3, 0.4) is 0 Å². The van der Waals surface area contributed by atoms with Crippen molar-refractivity contribution in [3.8, 4) is 17.0 Å². The summed E-state index contributed by atoms with van der Waals surface area (Å²) in [6.45, 7) is 4.93. The molecule has 0 saturated heterocycles. The average Bonchev–Trinajstić information content (AvgIpc) is 2.85. The van der Waals surface area contributed by atoms with E-state index in [-0.39, 0.29) is 6.61 Å². The maximum absolute atomic E-state index is 8.97. The molecule has 4 heteroatoms. The Labute approximate surface area is 107 Å². The molecule has 96 valence electrons. The van der Waals surface area contributed by atoms with Crippen molar-refractivity contribution >= 4 is 0 Å². The van der Waals surface area contributed by atoms with E-state index in [0.29, 0.717) is 11.6 Å². The summed E-state index contributed by atoms with van der Waals surface area (Å²) >= 11 is 0. The molecule has 0 radical (unpaired) electrons. The van der Waals surface area contributed by atoms with E-state index in [2.05, 4.69) is 24.0 Å². The van der Waals surface area contributed by atoms with Crippen LogP contribution in [-0.2, 0) is 6.61 Å². The van der Waals surface area contributed by atoms with Crippen molar-refractivity contribution in [3.05, 3.63) is 36.0 Å². The molecule has 1 aromatic heterocycles.